The van der Waals surface area contributed by atoms with Crippen molar-refractivity contribution in [2.75, 3.05) is 20.3 Å². The third-order valence-electron chi connectivity index (χ3n) is 5.86. The minimum Gasteiger partial charge on any atom is -0.494 e. The van der Waals surface area contributed by atoms with Crippen LogP contribution in [0.3, 0.4) is 0 Å². The van der Waals surface area contributed by atoms with Crippen LogP contribution in [0.2, 0.25) is 0 Å². The molecule has 33 heavy (non-hydrogen) atoms. The fourth-order valence-corrected chi connectivity index (χ4v) is 3.87. The molecular formula is C26H36O7. The average molecular weight is 461 g/mol. The summed E-state index contributed by atoms with van der Waals surface area (Å²) < 4.78 is 21.0. The Labute approximate surface area is 196 Å². The van der Waals surface area contributed by atoms with Crippen LogP contribution in [0.1, 0.15) is 64.2 Å². The van der Waals surface area contributed by atoms with Crippen molar-refractivity contribution in [3.05, 3.63) is 36.9 Å². The number of esters is 3. The van der Waals surface area contributed by atoms with Crippen molar-refractivity contribution in [2.45, 2.75) is 64.2 Å². The van der Waals surface area contributed by atoms with Gasteiger partial charge in [0.05, 0.1) is 32.2 Å². The molecule has 0 aromatic heterocycles. The second-order valence-corrected chi connectivity index (χ2v) is 8.31. The third kappa shape index (κ3) is 10.1. The first-order valence-electron chi connectivity index (χ1n) is 11.8. The third-order valence-corrected chi connectivity index (χ3v) is 5.86. The summed E-state index contributed by atoms with van der Waals surface area (Å²) in [6.07, 6.45) is 9.98. The Bertz CT molecular complexity index is 748. The number of rotatable bonds is 14. The van der Waals surface area contributed by atoms with Crippen LogP contribution in [0.4, 0.5) is 0 Å². The van der Waals surface area contributed by atoms with Gasteiger partial charge in [-0.05, 0) is 62.8 Å². The highest BCUT2D eigenvalue weighted by Crippen LogP contribution is 2.31. The second kappa shape index (κ2) is 15.1. The van der Waals surface area contributed by atoms with E-state index in [2.05, 4.69) is 6.58 Å². The predicted octanol–water partition coefficient (Wildman–Crippen LogP) is 5.02. The molecule has 7 nitrogen and oxygen atoms in total. The first-order valence-corrected chi connectivity index (χ1v) is 11.8. The maximum absolute atomic E-state index is 12.4. The van der Waals surface area contributed by atoms with E-state index < -0.39 is 0 Å². The maximum atomic E-state index is 12.4. The molecule has 7 heteroatoms. The van der Waals surface area contributed by atoms with Crippen LogP contribution in [-0.4, -0.2) is 38.2 Å². The number of methoxy groups -OCH3 is 1. The predicted molar refractivity (Wildman–Crippen MR) is 124 cm³/mol. The van der Waals surface area contributed by atoms with Crippen molar-refractivity contribution in [1.29, 1.82) is 0 Å². The second-order valence-electron chi connectivity index (χ2n) is 8.31. The van der Waals surface area contributed by atoms with Gasteiger partial charge in [0, 0.05) is 6.08 Å². The molecule has 0 aliphatic heterocycles. The minimum atomic E-state index is -0.363. The molecule has 1 aliphatic carbocycles. The van der Waals surface area contributed by atoms with Gasteiger partial charge in [0.2, 0.25) is 0 Å². The standard InChI is InChI=1S/C26H36O7/c1-3-24(27)32-19-9-7-5-4-6-8-18-31-22-14-16-23(17-15-22)33-26(29)21-12-10-20(11-13-21)25(28)30-2/h3,14-17,20-21H,1,4-13,18-19H2,2H3/t20-,21-. The fourth-order valence-electron chi connectivity index (χ4n) is 3.87. The van der Waals surface area contributed by atoms with Crippen LogP contribution in [-0.2, 0) is 23.9 Å². The molecule has 0 saturated heterocycles. The number of benzene rings is 1. The lowest BCUT2D eigenvalue weighted by molar-refractivity contribution is -0.149. The molecule has 1 aromatic rings. The molecular weight excluding hydrogens is 424 g/mol. The van der Waals surface area contributed by atoms with Crippen molar-refractivity contribution < 1.29 is 33.3 Å². The lowest BCUT2D eigenvalue weighted by Crippen LogP contribution is -2.29. The van der Waals surface area contributed by atoms with Crippen molar-refractivity contribution >= 4 is 17.9 Å². The van der Waals surface area contributed by atoms with Crippen molar-refractivity contribution in [1.82, 2.24) is 0 Å². The normalized spacial score (nSPS) is 17.6. The summed E-state index contributed by atoms with van der Waals surface area (Å²) in [5.41, 5.74) is 0. The molecule has 1 aliphatic rings. The molecule has 1 fully saturated rings. The van der Waals surface area contributed by atoms with E-state index in [9.17, 15) is 14.4 Å². The van der Waals surface area contributed by atoms with Crippen LogP contribution in [0.5, 0.6) is 11.5 Å². The van der Waals surface area contributed by atoms with Gasteiger partial charge in [0.25, 0.3) is 0 Å². The molecule has 0 bridgehead atoms. The first kappa shape index (κ1) is 26.4. The van der Waals surface area contributed by atoms with Crippen molar-refractivity contribution in [2.24, 2.45) is 11.8 Å². The molecule has 0 N–H and O–H groups in total. The minimum absolute atomic E-state index is 0.107. The summed E-state index contributed by atoms with van der Waals surface area (Å²) in [7, 11) is 1.40. The molecule has 0 radical (unpaired) electrons. The van der Waals surface area contributed by atoms with Gasteiger partial charge in [-0.25, -0.2) is 4.79 Å². The quantitative estimate of drug-likeness (QED) is 0.167. The van der Waals surface area contributed by atoms with Gasteiger partial charge in [0.15, 0.2) is 0 Å². The van der Waals surface area contributed by atoms with Crippen LogP contribution in [0.15, 0.2) is 36.9 Å². The Morgan fingerprint density at radius 1 is 0.818 bits per heavy atom. The van der Waals surface area contributed by atoms with Crippen molar-refractivity contribution in [3.8, 4) is 11.5 Å². The van der Waals surface area contributed by atoms with E-state index in [0.29, 0.717) is 44.6 Å². The smallest absolute Gasteiger partial charge is 0.330 e. The highest BCUT2D eigenvalue weighted by atomic mass is 16.5. The number of unbranched alkanes of at least 4 members (excludes halogenated alkanes) is 5. The van der Waals surface area contributed by atoms with Gasteiger partial charge in [0.1, 0.15) is 11.5 Å². The molecule has 182 valence electrons. The average Bonchev–Trinajstić information content (AvgIpc) is 2.85. The lowest BCUT2D eigenvalue weighted by atomic mass is 9.82. The van der Waals surface area contributed by atoms with E-state index in [1.54, 1.807) is 24.3 Å². The molecule has 0 amide bonds. The van der Waals surface area contributed by atoms with Gasteiger partial charge in [-0.15, -0.1) is 0 Å². The van der Waals surface area contributed by atoms with E-state index in [4.69, 9.17) is 18.9 Å². The largest absolute Gasteiger partial charge is 0.494 e. The van der Waals surface area contributed by atoms with E-state index in [1.807, 2.05) is 0 Å². The number of carbonyl (C=O) groups excluding carboxylic acids is 3. The number of hydrogen-bond acceptors (Lipinski definition) is 7. The van der Waals surface area contributed by atoms with E-state index in [-0.39, 0.29) is 29.7 Å². The zero-order valence-electron chi connectivity index (χ0n) is 19.6. The lowest BCUT2D eigenvalue weighted by Gasteiger charge is -2.25. The molecule has 1 saturated carbocycles. The summed E-state index contributed by atoms with van der Waals surface area (Å²) in [5.74, 6) is 0.164. The molecule has 0 atom stereocenters. The van der Waals surface area contributed by atoms with Gasteiger partial charge in [-0.2, -0.15) is 0 Å². The van der Waals surface area contributed by atoms with Crippen LogP contribution >= 0.6 is 0 Å². The Kier molecular flexibility index (Phi) is 12.1. The Morgan fingerprint density at radius 3 is 1.91 bits per heavy atom. The number of ether oxygens (including phenoxy) is 4. The van der Waals surface area contributed by atoms with E-state index in [0.717, 1.165) is 44.3 Å². The molecule has 1 aromatic carbocycles. The summed E-state index contributed by atoms with van der Waals surface area (Å²) in [4.78, 5) is 34.9. The van der Waals surface area contributed by atoms with Gasteiger partial charge in [-0.1, -0.05) is 32.3 Å². The molecule has 0 unspecified atom stereocenters. The van der Waals surface area contributed by atoms with Gasteiger partial charge in [-0.3, -0.25) is 9.59 Å². The highest BCUT2D eigenvalue weighted by Gasteiger charge is 2.31. The zero-order chi connectivity index (χ0) is 23.9. The molecule has 2 rings (SSSR count). The summed E-state index contributed by atoms with van der Waals surface area (Å²) in [5, 5.41) is 0. The van der Waals surface area contributed by atoms with Gasteiger partial charge >= 0.3 is 17.9 Å². The SMILES string of the molecule is C=CC(=O)OCCCCCCCCOc1ccc(OC(=O)[C@H]2CC[C@H](C(=O)OC)CC2)cc1. The van der Waals surface area contributed by atoms with Crippen LogP contribution in [0.25, 0.3) is 0 Å². The van der Waals surface area contributed by atoms with Gasteiger partial charge < -0.3 is 18.9 Å². The fraction of sp³-hybridized carbons (Fsp3) is 0.577. The van der Waals surface area contributed by atoms with Crippen molar-refractivity contribution in [3.63, 3.8) is 0 Å². The Hall–Kier alpha value is -2.83. The van der Waals surface area contributed by atoms with Crippen LogP contribution < -0.4 is 9.47 Å². The summed E-state index contributed by atoms with van der Waals surface area (Å²) in [6.45, 7) is 4.46. The van der Waals surface area contributed by atoms with E-state index >= 15 is 0 Å². The Morgan fingerprint density at radius 2 is 1.33 bits per heavy atom. The van der Waals surface area contributed by atoms with Crippen LogP contribution in [0, 0.1) is 11.8 Å². The maximum Gasteiger partial charge on any atom is 0.330 e. The summed E-state index contributed by atoms with van der Waals surface area (Å²) >= 11 is 0. The topological polar surface area (TPSA) is 88.1 Å². The monoisotopic (exact) mass is 460 g/mol. The molecule has 0 heterocycles. The van der Waals surface area contributed by atoms with E-state index in [1.165, 1.54) is 13.2 Å². The Balaban J connectivity index is 1.54. The highest BCUT2D eigenvalue weighted by molar-refractivity contribution is 5.81. The summed E-state index contributed by atoms with van der Waals surface area (Å²) in [6, 6.07) is 7.10. The number of carbonyl (C=O) groups is 3. The zero-order valence-corrected chi connectivity index (χ0v) is 19.6. The number of hydrogen-bond donors (Lipinski definition) is 0. The first-order chi connectivity index (χ1) is 16.0. The molecule has 0 spiro atoms.